The lowest BCUT2D eigenvalue weighted by molar-refractivity contribution is -0.116. The number of carbonyl (C=O) groups excluding carboxylic acids is 1. The SMILES string of the molecule is Cc1ccc(-c2cc(CNC(=O)/C=C/c3ccccc3Cl)no2)cc1. The van der Waals surface area contributed by atoms with Gasteiger partial charge in [0.1, 0.15) is 5.69 Å². The van der Waals surface area contributed by atoms with Crippen LogP contribution in [-0.2, 0) is 11.3 Å². The van der Waals surface area contributed by atoms with Gasteiger partial charge in [-0.25, -0.2) is 0 Å². The van der Waals surface area contributed by atoms with Gasteiger partial charge in [0.2, 0.25) is 5.91 Å². The van der Waals surface area contributed by atoms with Crippen LogP contribution >= 0.6 is 11.6 Å². The van der Waals surface area contributed by atoms with Crippen molar-refractivity contribution in [3.8, 4) is 11.3 Å². The van der Waals surface area contributed by atoms with Gasteiger partial charge in [0, 0.05) is 22.7 Å². The van der Waals surface area contributed by atoms with Crippen LogP contribution in [0.4, 0.5) is 0 Å². The molecule has 126 valence electrons. The summed E-state index contributed by atoms with van der Waals surface area (Å²) in [6, 6.07) is 17.1. The molecule has 3 aromatic rings. The van der Waals surface area contributed by atoms with Crippen LogP contribution in [0.15, 0.2) is 65.2 Å². The Hall–Kier alpha value is -2.85. The van der Waals surface area contributed by atoms with E-state index in [0.29, 0.717) is 23.0 Å². The molecule has 0 atom stereocenters. The van der Waals surface area contributed by atoms with Crippen molar-refractivity contribution in [3.05, 3.63) is 82.5 Å². The number of hydrogen-bond donors (Lipinski definition) is 1. The molecule has 0 saturated heterocycles. The first-order chi connectivity index (χ1) is 12.1. The van der Waals surface area contributed by atoms with E-state index in [0.717, 1.165) is 11.1 Å². The Morgan fingerprint density at radius 1 is 1.20 bits per heavy atom. The van der Waals surface area contributed by atoms with Crippen molar-refractivity contribution in [1.29, 1.82) is 0 Å². The molecule has 0 fully saturated rings. The summed E-state index contributed by atoms with van der Waals surface area (Å²) in [6.07, 6.45) is 3.13. The third-order valence-electron chi connectivity index (χ3n) is 3.66. The summed E-state index contributed by atoms with van der Waals surface area (Å²) in [5, 5.41) is 7.36. The lowest BCUT2D eigenvalue weighted by Gasteiger charge is -1.99. The molecule has 4 nitrogen and oxygen atoms in total. The van der Waals surface area contributed by atoms with E-state index in [2.05, 4.69) is 10.5 Å². The number of aromatic nitrogens is 1. The zero-order chi connectivity index (χ0) is 17.6. The van der Waals surface area contributed by atoms with Crippen molar-refractivity contribution in [2.45, 2.75) is 13.5 Å². The summed E-state index contributed by atoms with van der Waals surface area (Å²) in [5.41, 5.74) is 3.59. The highest BCUT2D eigenvalue weighted by molar-refractivity contribution is 6.32. The number of rotatable bonds is 5. The third kappa shape index (κ3) is 4.58. The fourth-order valence-electron chi connectivity index (χ4n) is 2.26. The Balaban J connectivity index is 1.58. The first kappa shape index (κ1) is 17.0. The van der Waals surface area contributed by atoms with Gasteiger partial charge in [-0.1, -0.05) is 64.8 Å². The maximum Gasteiger partial charge on any atom is 0.244 e. The van der Waals surface area contributed by atoms with Crippen LogP contribution in [0.3, 0.4) is 0 Å². The molecule has 0 bridgehead atoms. The molecular weight excluding hydrogens is 336 g/mol. The first-order valence-electron chi connectivity index (χ1n) is 7.85. The zero-order valence-corrected chi connectivity index (χ0v) is 14.5. The Bertz CT molecular complexity index is 898. The summed E-state index contributed by atoms with van der Waals surface area (Å²) in [7, 11) is 0. The van der Waals surface area contributed by atoms with Crippen LogP contribution in [0.25, 0.3) is 17.4 Å². The normalized spacial score (nSPS) is 11.0. The number of benzene rings is 2. The van der Waals surface area contributed by atoms with Gasteiger partial charge in [0.15, 0.2) is 5.76 Å². The van der Waals surface area contributed by atoms with Gasteiger partial charge in [-0.15, -0.1) is 0 Å². The molecule has 5 heteroatoms. The topological polar surface area (TPSA) is 55.1 Å². The predicted molar refractivity (Wildman–Crippen MR) is 99.0 cm³/mol. The van der Waals surface area contributed by atoms with E-state index < -0.39 is 0 Å². The largest absolute Gasteiger partial charge is 0.356 e. The van der Waals surface area contributed by atoms with Gasteiger partial charge in [-0.05, 0) is 24.6 Å². The number of aryl methyl sites for hydroxylation is 1. The van der Waals surface area contributed by atoms with Crippen molar-refractivity contribution in [3.63, 3.8) is 0 Å². The first-order valence-corrected chi connectivity index (χ1v) is 8.23. The summed E-state index contributed by atoms with van der Waals surface area (Å²) < 4.78 is 5.33. The number of carbonyl (C=O) groups is 1. The smallest absolute Gasteiger partial charge is 0.244 e. The number of nitrogens with zero attached hydrogens (tertiary/aromatic N) is 1. The molecule has 2 aromatic carbocycles. The van der Waals surface area contributed by atoms with E-state index in [1.165, 1.54) is 11.6 Å². The number of halogens is 1. The van der Waals surface area contributed by atoms with E-state index in [-0.39, 0.29) is 5.91 Å². The molecule has 0 aliphatic rings. The van der Waals surface area contributed by atoms with E-state index >= 15 is 0 Å². The third-order valence-corrected chi connectivity index (χ3v) is 4.00. The van der Waals surface area contributed by atoms with Crippen molar-refractivity contribution >= 4 is 23.6 Å². The average Bonchev–Trinajstić information content (AvgIpc) is 3.09. The Kier molecular flexibility index (Phi) is 5.31. The second kappa shape index (κ2) is 7.81. The minimum atomic E-state index is -0.222. The fourth-order valence-corrected chi connectivity index (χ4v) is 2.46. The molecule has 1 aromatic heterocycles. The highest BCUT2D eigenvalue weighted by Gasteiger charge is 2.07. The minimum Gasteiger partial charge on any atom is -0.356 e. The van der Waals surface area contributed by atoms with Gasteiger partial charge in [0.05, 0.1) is 6.54 Å². The molecule has 0 radical (unpaired) electrons. The monoisotopic (exact) mass is 352 g/mol. The fraction of sp³-hybridized carbons (Fsp3) is 0.100. The van der Waals surface area contributed by atoms with Gasteiger partial charge < -0.3 is 9.84 Å². The van der Waals surface area contributed by atoms with Crippen LogP contribution in [0, 0.1) is 6.92 Å². The molecule has 0 saturated carbocycles. The Morgan fingerprint density at radius 2 is 1.96 bits per heavy atom. The van der Waals surface area contributed by atoms with Gasteiger partial charge in [-0.3, -0.25) is 4.79 Å². The molecule has 0 aliphatic heterocycles. The standard InChI is InChI=1S/C20H17ClN2O2/c1-14-6-8-16(9-7-14)19-12-17(23-25-19)13-22-20(24)11-10-15-4-2-3-5-18(15)21/h2-12H,13H2,1H3,(H,22,24)/b11-10+. The molecule has 0 aliphatic carbocycles. The highest BCUT2D eigenvalue weighted by atomic mass is 35.5. The van der Waals surface area contributed by atoms with E-state index in [1.54, 1.807) is 12.1 Å². The molecule has 0 unspecified atom stereocenters. The van der Waals surface area contributed by atoms with E-state index in [4.69, 9.17) is 16.1 Å². The second-order valence-electron chi connectivity index (χ2n) is 5.62. The molecular formula is C20H17ClN2O2. The van der Waals surface area contributed by atoms with Crippen molar-refractivity contribution in [1.82, 2.24) is 10.5 Å². The molecule has 25 heavy (non-hydrogen) atoms. The van der Waals surface area contributed by atoms with E-state index in [9.17, 15) is 4.79 Å². The van der Waals surface area contributed by atoms with Gasteiger partial charge >= 0.3 is 0 Å². The lowest BCUT2D eigenvalue weighted by Crippen LogP contribution is -2.20. The number of amides is 1. The summed E-state index contributed by atoms with van der Waals surface area (Å²) >= 11 is 6.05. The number of hydrogen-bond acceptors (Lipinski definition) is 3. The molecule has 1 amide bonds. The number of nitrogens with one attached hydrogen (secondary N) is 1. The summed E-state index contributed by atoms with van der Waals surface area (Å²) in [4.78, 5) is 11.9. The molecule has 0 spiro atoms. The van der Waals surface area contributed by atoms with Crippen LogP contribution in [0.2, 0.25) is 5.02 Å². The second-order valence-corrected chi connectivity index (χ2v) is 6.03. The quantitative estimate of drug-likeness (QED) is 0.681. The van der Waals surface area contributed by atoms with Gasteiger partial charge in [-0.2, -0.15) is 0 Å². The van der Waals surface area contributed by atoms with E-state index in [1.807, 2.05) is 55.5 Å². The van der Waals surface area contributed by atoms with Crippen molar-refractivity contribution in [2.24, 2.45) is 0 Å². The van der Waals surface area contributed by atoms with Crippen molar-refractivity contribution in [2.75, 3.05) is 0 Å². The minimum absolute atomic E-state index is 0.222. The average molecular weight is 353 g/mol. The Morgan fingerprint density at radius 3 is 2.72 bits per heavy atom. The summed E-state index contributed by atoms with van der Waals surface area (Å²) in [6.45, 7) is 2.32. The van der Waals surface area contributed by atoms with Crippen molar-refractivity contribution < 1.29 is 9.32 Å². The zero-order valence-electron chi connectivity index (χ0n) is 13.7. The molecule has 1 heterocycles. The lowest BCUT2D eigenvalue weighted by atomic mass is 10.1. The van der Waals surface area contributed by atoms with Crippen LogP contribution < -0.4 is 5.32 Å². The Labute approximate surface area is 151 Å². The van der Waals surface area contributed by atoms with Crippen LogP contribution in [-0.4, -0.2) is 11.1 Å². The summed E-state index contributed by atoms with van der Waals surface area (Å²) in [5.74, 6) is 0.454. The maximum atomic E-state index is 11.9. The maximum absolute atomic E-state index is 11.9. The molecule has 1 N–H and O–H groups in total. The van der Waals surface area contributed by atoms with Crippen LogP contribution in [0.5, 0.6) is 0 Å². The van der Waals surface area contributed by atoms with Gasteiger partial charge in [0.25, 0.3) is 0 Å². The van der Waals surface area contributed by atoms with Crippen LogP contribution in [0.1, 0.15) is 16.8 Å². The predicted octanol–water partition coefficient (Wildman–Crippen LogP) is 4.63. The molecule has 3 rings (SSSR count). The highest BCUT2D eigenvalue weighted by Crippen LogP contribution is 2.20.